The molecule has 2 aromatic rings. The van der Waals surface area contributed by atoms with Crippen molar-refractivity contribution in [1.29, 1.82) is 0 Å². The van der Waals surface area contributed by atoms with E-state index in [0.717, 1.165) is 13.2 Å². The summed E-state index contributed by atoms with van der Waals surface area (Å²) in [7, 11) is 2.24. The molecule has 2 rings (SSSR count). The zero-order valence-corrected chi connectivity index (χ0v) is 14.5. The number of ether oxygens (including phenoxy) is 2. The van der Waals surface area contributed by atoms with Gasteiger partial charge < -0.3 is 15.2 Å². The van der Waals surface area contributed by atoms with Gasteiger partial charge in [0.2, 0.25) is 0 Å². The van der Waals surface area contributed by atoms with Gasteiger partial charge in [0.25, 0.3) is 0 Å². The predicted octanol–water partition coefficient (Wildman–Crippen LogP) is 4.36. The fourth-order valence-corrected chi connectivity index (χ4v) is 2.74. The molecule has 0 atom stereocenters. The molecule has 10 heteroatoms. The molecule has 0 radical (unpaired) electrons. The molecule has 128 valence electrons. The maximum absolute atomic E-state index is 14.6. The number of nitrogens with zero attached hydrogens (tertiary/aromatic N) is 1. The quantitative estimate of drug-likeness (QED) is 0.779. The maximum atomic E-state index is 14.6. The molecule has 1 aromatic heterocycles. The van der Waals surface area contributed by atoms with Gasteiger partial charge in [0.15, 0.2) is 23.1 Å². The lowest BCUT2D eigenvalue weighted by Gasteiger charge is -2.14. The smallest absolute Gasteiger partial charge is 0.358 e. The van der Waals surface area contributed by atoms with Crippen molar-refractivity contribution >= 4 is 46.5 Å². The Hall–Kier alpha value is -1.83. The number of hydrogen-bond donors (Lipinski definition) is 1. The van der Waals surface area contributed by atoms with Gasteiger partial charge >= 0.3 is 5.97 Å². The predicted molar refractivity (Wildman–Crippen MR) is 86.9 cm³/mol. The first-order chi connectivity index (χ1) is 11.2. The Morgan fingerprint density at radius 2 is 1.79 bits per heavy atom. The normalized spacial score (nSPS) is 10.6. The highest BCUT2D eigenvalue weighted by Gasteiger charge is 2.28. The topological polar surface area (TPSA) is 74.4 Å². The maximum Gasteiger partial charge on any atom is 0.358 e. The van der Waals surface area contributed by atoms with E-state index >= 15 is 0 Å². The van der Waals surface area contributed by atoms with Crippen LogP contribution in [0.3, 0.4) is 0 Å². The number of rotatable bonds is 3. The summed E-state index contributed by atoms with van der Waals surface area (Å²) < 4.78 is 38.4. The number of nitrogens with two attached hydrogens (primary N) is 1. The first-order valence-electron chi connectivity index (χ1n) is 6.19. The number of hydrogen-bond acceptors (Lipinski definition) is 5. The van der Waals surface area contributed by atoms with Gasteiger partial charge in [-0.15, -0.1) is 0 Å². The molecule has 0 aliphatic rings. The summed E-state index contributed by atoms with van der Waals surface area (Å²) >= 11 is 17.6. The van der Waals surface area contributed by atoms with Gasteiger partial charge in [-0.3, -0.25) is 0 Å². The molecule has 0 aliphatic carbocycles. The van der Waals surface area contributed by atoms with E-state index in [4.69, 9.17) is 45.3 Å². The molecular formula is C14H9Cl3F2N2O3. The number of aromatic nitrogens is 1. The van der Waals surface area contributed by atoms with Crippen molar-refractivity contribution in [3.63, 3.8) is 0 Å². The number of carbonyl (C=O) groups excluding carboxylic acids is 1. The molecule has 0 unspecified atom stereocenters. The van der Waals surface area contributed by atoms with E-state index in [1.165, 1.54) is 7.11 Å². The van der Waals surface area contributed by atoms with E-state index in [0.29, 0.717) is 0 Å². The van der Waals surface area contributed by atoms with Crippen LogP contribution in [0.25, 0.3) is 11.3 Å². The molecule has 0 bridgehead atoms. The minimum atomic E-state index is -1.15. The molecule has 0 fully saturated rings. The Balaban J connectivity index is 2.88. The molecule has 0 amide bonds. The van der Waals surface area contributed by atoms with Crippen molar-refractivity contribution in [1.82, 2.24) is 4.98 Å². The summed E-state index contributed by atoms with van der Waals surface area (Å²) in [6.07, 6.45) is 0. The second kappa shape index (κ2) is 6.96. The molecular weight excluding hydrogens is 389 g/mol. The SMILES string of the molecule is COC(=O)c1nc(-c2c(Cl)cc(Cl)c(OC)c2F)c(F)c(N)c1Cl. The Morgan fingerprint density at radius 1 is 1.17 bits per heavy atom. The fourth-order valence-electron chi connectivity index (χ4n) is 1.94. The molecule has 1 heterocycles. The van der Waals surface area contributed by atoms with Crippen molar-refractivity contribution in [3.05, 3.63) is 38.5 Å². The van der Waals surface area contributed by atoms with Crippen LogP contribution in [0.5, 0.6) is 5.75 Å². The third-order valence-corrected chi connectivity index (χ3v) is 4.02. The summed E-state index contributed by atoms with van der Waals surface area (Å²) in [4.78, 5) is 15.4. The van der Waals surface area contributed by atoms with Gasteiger partial charge in [-0.05, 0) is 6.07 Å². The minimum absolute atomic E-state index is 0.126. The van der Waals surface area contributed by atoms with Crippen LogP contribution in [-0.2, 0) is 4.74 Å². The van der Waals surface area contributed by atoms with Gasteiger partial charge in [-0.1, -0.05) is 34.8 Å². The highest BCUT2D eigenvalue weighted by atomic mass is 35.5. The van der Waals surface area contributed by atoms with Crippen molar-refractivity contribution in [2.45, 2.75) is 0 Å². The number of pyridine rings is 1. The van der Waals surface area contributed by atoms with Gasteiger partial charge in [0.05, 0.1) is 40.5 Å². The Labute approximate surface area is 150 Å². The molecule has 0 spiro atoms. The molecule has 5 nitrogen and oxygen atoms in total. The molecule has 2 N–H and O–H groups in total. The zero-order valence-electron chi connectivity index (χ0n) is 12.2. The van der Waals surface area contributed by atoms with Gasteiger partial charge in [-0.2, -0.15) is 0 Å². The van der Waals surface area contributed by atoms with Crippen LogP contribution >= 0.6 is 34.8 Å². The summed E-state index contributed by atoms with van der Waals surface area (Å²) in [5, 5.41) is -0.845. The number of benzene rings is 1. The monoisotopic (exact) mass is 396 g/mol. The fraction of sp³-hybridized carbons (Fsp3) is 0.143. The summed E-state index contributed by atoms with van der Waals surface area (Å²) in [5.41, 5.74) is 3.33. The summed E-state index contributed by atoms with van der Waals surface area (Å²) in [6.45, 7) is 0. The van der Waals surface area contributed by atoms with Gasteiger partial charge in [-0.25, -0.2) is 18.6 Å². The minimum Gasteiger partial charge on any atom is -0.492 e. The van der Waals surface area contributed by atoms with E-state index in [9.17, 15) is 13.6 Å². The highest BCUT2D eigenvalue weighted by molar-refractivity contribution is 6.38. The standard InChI is InChI=1S/C14H9Cl3F2N2O3/c1-23-13-5(16)3-4(15)6(8(13)18)11-9(19)10(20)7(17)12(21-11)14(22)24-2/h3H,1-2H3,(H2,20,21). The van der Waals surface area contributed by atoms with Crippen molar-refractivity contribution in [2.24, 2.45) is 0 Å². The summed E-state index contributed by atoms with van der Waals surface area (Å²) in [6, 6.07) is 1.14. The second-order valence-corrected chi connectivity index (χ2v) is 5.60. The number of methoxy groups -OCH3 is 2. The van der Waals surface area contributed by atoms with Gasteiger partial charge in [0.1, 0.15) is 5.69 Å². The average Bonchev–Trinajstić information content (AvgIpc) is 2.54. The van der Waals surface area contributed by atoms with E-state index < -0.39 is 45.3 Å². The third kappa shape index (κ3) is 2.94. The van der Waals surface area contributed by atoms with E-state index in [2.05, 4.69) is 9.72 Å². The van der Waals surface area contributed by atoms with Crippen molar-refractivity contribution in [2.75, 3.05) is 20.0 Å². The lowest BCUT2D eigenvalue weighted by Crippen LogP contribution is -2.11. The van der Waals surface area contributed by atoms with Crippen molar-refractivity contribution in [3.8, 4) is 17.0 Å². The van der Waals surface area contributed by atoms with Crippen LogP contribution in [0.15, 0.2) is 6.07 Å². The number of anilines is 1. The number of halogens is 5. The van der Waals surface area contributed by atoms with Crippen LogP contribution in [-0.4, -0.2) is 25.2 Å². The van der Waals surface area contributed by atoms with E-state index in [-0.39, 0.29) is 15.8 Å². The average molecular weight is 398 g/mol. The molecule has 1 aromatic carbocycles. The molecule has 0 saturated carbocycles. The van der Waals surface area contributed by atoms with Crippen LogP contribution in [0, 0.1) is 11.6 Å². The number of carbonyl (C=O) groups is 1. The number of nitrogen functional groups attached to an aromatic ring is 1. The largest absolute Gasteiger partial charge is 0.492 e. The van der Waals surface area contributed by atoms with Crippen LogP contribution in [0.1, 0.15) is 10.5 Å². The van der Waals surface area contributed by atoms with E-state index in [1.807, 2.05) is 0 Å². The van der Waals surface area contributed by atoms with Crippen LogP contribution in [0.2, 0.25) is 15.1 Å². The number of esters is 1. The van der Waals surface area contributed by atoms with Crippen LogP contribution < -0.4 is 10.5 Å². The molecule has 0 aliphatic heterocycles. The summed E-state index contributed by atoms with van der Waals surface area (Å²) in [5.74, 6) is -3.58. The zero-order chi connectivity index (χ0) is 18.2. The Morgan fingerprint density at radius 3 is 2.33 bits per heavy atom. The highest BCUT2D eigenvalue weighted by Crippen LogP contribution is 2.42. The first kappa shape index (κ1) is 18.5. The molecule has 24 heavy (non-hydrogen) atoms. The van der Waals surface area contributed by atoms with Crippen molar-refractivity contribution < 1.29 is 23.0 Å². The lowest BCUT2D eigenvalue weighted by molar-refractivity contribution is 0.0594. The third-order valence-electron chi connectivity index (χ3n) is 3.06. The lowest BCUT2D eigenvalue weighted by atomic mass is 10.1. The molecule has 0 saturated heterocycles. The Bertz CT molecular complexity index is 847. The first-order valence-corrected chi connectivity index (χ1v) is 7.32. The Kier molecular flexibility index (Phi) is 5.37. The van der Waals surface area contributed by atoms with Crippen LogP contribution in [0.4, 0.5) is 14.5 Å². The van der Waals surface area contributed by atoms with Gasteiger partial charge in [0, 0.05) is 0 Å². The second-order valence-electron chi connectivity index (χ2n) is 4.40. The van der Waals surface area contributed by atoms with E-state index in [1.54, 1.807) is 0 Å².